The first-order chi connectivity index (χ1) is 8.95. The molecule has 0 radical (unpaired) electrons. The van der Waals surface area contributed by atoms with Crippen molar-refractivity contribution in [2.45, 2.75) is 17.0 Å². The smallest absolute Gasteiger partial charge is 0.336 e. The molecule has 0 atom stereocenters. The Balaban J connectivity index is 2.45. The molecule has 2 aromatic rings. The zero-order valence-electron chi connectivity index (χ0n) is 9.81. The molecule has 2 rings (SSSR count). The van der Waals surface area contributed by atoms with Gasteiger partial charge in [0.25, 0.3) is 5.56 Å². The predicted molar refractivity (Wildman–Crippen MR) is 72.1 cm³/mol. The molecule has 1 heterocycles. The molecular weight excluding hydrogens is 288 g/mol. The molecule has 0 fully saturated rings. The molecule has 0 bridgehead atoms. The van der Waals surface area contributed by atoms with E-state index in [2.05, 4.69) is 9.97 Å². The van der Waals surface area contributed by atoms with Gasteiger partial charge in [-0.2, -0.15) is 0 Å². The van der Waals surface area contributed by atoms with Gasteiger partial charge in [-0.05, 0) is 25.1 Å². The van der Waals surface area contributed by atoms with Crippen LogP contribution >= 0.6 is 23.4 Å². The van der Waals surface area contributed by atoms with Crippen LogP contribution in [0, 0.1) is 6.92 Å². The fraction of sp³-hybridized carbons (Fsp3) is 0.0833. The molecule has 0 saturated heterocycles. The summed E-state index contributed by atoms with van der Waals surface area (Å²) in [6.45, 7) is 1.69. The number of aromatic nitrogens is 2. The van der Waals surface area contributed by atoms with Gasteiger partial charge < -0.3 is 10.1 Å². The molecular formula is C12H9ClN2O3S. The van der Waals surface area contributed by atoms with E-state index < -0.39 is 5.97 Å². The van der Waals surface area contributed by atoms with Crippen LogP contribution in [-0.4, -0.2) is 21.0 Å². The molecule has 0 aliphatic carbocycles. The summed E-state index contributed by atoms with van der Waals surface area (Å²) in [6, 6.07) is 5.81. The number of carbonyl (C=O) groups is 1. The van der Waals surface area contributed by atoms with Crippen LogP contribution in [0.5, 0.6) is 0 Å². The maximum absolute atomic E-state index is 11.3. The molecule has 0 amide bonds. The highest BCUT2D eigenvalue weighted by atomic mass is 35.5. The van der Waals surface area contributed by atoms with E-state index in [-0.39, 0.29) is 11.1 Å². The lowest BCUT2D eigenvalue weighted by Crippen LogP contribution is -2.08. The SMILES string of the molecule is Cc1cc(=O)[nH]c(Sc2cc(Cl)ccc2C(=O)O)n1. The van der Waals surface area contributed by atoms with E-state index in [1.54, 1.807) is 6.92 Å². The molecule has 7 heteroatoms. The molecule has 0 aliphatic rings. The molecule has 1 aromatic heterocycles. The number of halogens is 1. The van der Waals surface area contributed by atoms with Gasteiger partial charge in [0, 0.05) is 21.7 Å². The Morgan fingerprint density at radius 1 is 1.42 bits per heavy atom. The third kappa shape index (κ3) is 3.36. The first kappa shape index (κ1) is 13.6. The fourth-order valence-corrected chi connectivity index (χ4v) is 2.70. The van der Waals surface area contributed by atoms with Crippen LogP contribution in [0.25, 0.3) is 0 Å². The Bertz CT molecular complexity index is 700. The standard InChI is InChI=1S/C12H9ClN2O3S/c1-6-4-10(16)15-12(14-6)19-9-5-7(13)2-3-8(9)11(17)18/h2-5H,1H3,(H,17,18)(H,14,15,16). The van der Waals surface area contributed by atoms with Crippen molar-refractivity contribution >= 4 is 29.3 Å². The Hall–Kier alpha value is -1.79. The number of rotatable bonds is 3. The summed E-state index contributed by atoms with van der Waals surface area (Å²) in [7, 11) is 0. The van der Waals surface area contributed by atoms with Crippen LogP contribution in [0.3, 0.4) is 0 Å². The summed E-state index contributed by atoms with van der Waals surface area (Å²) in [5.74, 6) is -1.06. The van der Waals surface area contributed by atoms with Crippen molar-refractivity contribution in [2.75, 3.05) is 0 Å². The number of carboxylic acids is 1. The van der Waals surface area contributed by atoms with Gasteiger partial charge in [-0.3, -0.25) is 4.79 Å². The van der Waals surface area contributed by atoms with Crippen molar-refractivity contribution in [3.8, 4) is 0 Å². The third-order valence-corrected chi connectivity index (χ3v) is 3.41. The van der Waals surface area contributed by atoms with Crippen LogP contribution < -0.4 is 5.56 Å². The minimum Gasteiger partial charge on any atom is -0.478 e. The molecule has 0 spiro atoms. The number of hydrogen-bond donors (Lipinski definition) is 2. The molecule has 0 aliphatic heterocycles. The number of nitrogens with zero attached hydrogens (tertiary/aromatic N) is 1. The van der Waals surface area contributed by atoms with Crippen molar-refractivity contribution < 1.29 is 9.90 Å². The van der Waals surface area contributed by atoms with Crippen molar-refractivity contribution in [1.29, 1.82) is 0 Å². The van der Waals surface area contributed by atoms with Gasteiger partial charge in [-0.25, -0.2) is 9.78 Å². The highest BCUT2D eigenvalue weighted by Gasteiger charge is 2.13. The van der Waals surface area contributed by atoms with E-state index >= 15 is 0 Å². The van der Waals surface area contributed by atoms with Crippen LogP contribution in [-0.2, 0) is 0 Å². The van der Waals surface area contributed by atoms with Gasteiger partial charge in [-0.1, -0.05) is 23.4 Å². The predicted octanol–water partition coefficient (Wildman–Crippen LogP) is 2.58. The average Bonchev–Trinajstić information content (AvgIpc) is 2.26. The molecule has 98 valence electrons. The van der Waals surface area contributed by atoms with Crippen molar-refractivity contribution in [1.82, 2.24) is 9.97 Å². The molecule has 19 heavy (non-hydrogen) atoms. The van der Waals surface area contributed by atoms with E-state index in [1.165, 1.54) is 24.3 Å². The number of aromatic amines is 1. The minimum absolute atomic E-state index is 0.110. The Morgan fingerprint density at radius 2 is 2.16 bits per heavy atom. The summed E-state index contributed by atoms with van der Waals surface area (Å²) in [5, 5.41) is 9.84. The minimum atomic E-state index is -1.06. The van der Waals surface area contributed by atoms with Crippen molar-refractivity contribution in [2.24, 2.45) is 0 Å². The van der Waals surface area contributed by atoms with E-state index in [1.807, 2.05) is 0 Å². The molecule has 0 unspecified atom stereocenters. The summed E-state index contributed by atoms with van der Waals surface area (Å²) >= 11 is 6.90. The number of nitrogens with one attached hydrogen (secondary N) is 1. The van der Waals surface area contributed by atoms with E-state index in [9.17, 15) is 9.59 Å². The topological polar surface area (TPSA) is 83.0 Å². The van der Waals surface area contributed by atoms with Gasteiger partial charge in [0.1, 0.15) is 0 Å². The van der Waals surface area contributed by atoms with E-state index in [4.69, 9.17) is 16.7 Å². The summed E-state index contributed by atoms with van der Waals surface area (Å²) in [5.41, 5.74) is 0.387. The maximum Gasteiger partial charge on any atom is 0.336 e. The third-order valence-electron chi connectivity index (χ3n) is 2.23. The summed E-state index contributed by atoms with van der Waals surface area (Å²) in [6.07, 6.45) is 0. The first-order valence-electron chi connectivity index (χ1n) is 5.24. The molecule has 1 aromatic carbocycles. The lowest BCUT2D eigenvalue weighted by Gasteiger charge is -2.06. The zero-order chi connectivity index (χ0) is 14.0. The average molecular weight is 297 g/mol. The molecule has 0 saturated carbocycles. The fourth-order valence-electron chi connectivity index (χ4n) is 1.46. The number of H-pyrrole nitrogens is 1. The number of carboxylic acid groups (broad SMARTS) is 1. The lowest BCUT2D eigenvalue weighted by atomic mass is 10.2. The van der Waals surface area contributed by atoms with Gasteiger partial charge >= 0.3 is 5.97 Å². The number of hydrogen-bond acceptors (Lipinski definition) is 4. The van der Waals surface area contributed by atoms with E-state index in [0.717, 1.165) is 11.8 Å². The van der Waals surface area contributed by atoms with Gasteiger partial charge in [0.15, 0.2) is 5.16 Å². The maximum atomic E-state index is 11.3. The van der Waals surface area contributed by atoms with Crippen molar-refractivity contribution in [3.05, 3.63) is 50.9 Å². The summed E-state index contributed by atoms with van der Waals surface area (Å²) < 4.78 is 0. The van der Waals surface area contributed by atoms with Crippen LogP contribution in [0.1, 0.15) is 16.1 Å². The second-order valence-corrected chi connectivity index (χ2v) is 5.21. The first-order valence-corrected chi connectivity index (χ1v) is 6.44. The van der Waals surface area contributed by atoms with Crippen LogP contribution in [0.4, 0.5) is 0 Å². The van der Waals surface area contributed by atoms with Gasteiger partial charge in [-0.15, -0.1) is 0 Å². The molecule has 5 nitrogen and oxygen atoms in total. The highest BCUT2D eigenvalue weighted by molar-refractivity contribution is 7.99. The van der Waals surface area contributed by atoms with E-state index in [0.29, 0.717) is 20.8 Å². The Kier molecular flexibility index (Phi) is 3.92. The number of aromatic carboxylic acids is 1. The summed E-state index contributed by atoms with van der Waals surface area (Å²) in [4.78, 5) is 29.5. The lowest BCUT2D eigenvalue weighted by molar-refractivity contribution is 0.0693. The van der Waals surface area contributed by atoms with Crippen molar-refractivity contribution in [3.63, 3.8) is 0 Å². The van der Waals surface area contributed by atoms with Crippen LogP contribution in [0.2, 0.25) is 5.02 Å². The Morgan fingerprint density at radius 3 is 2.79 bits per heavy atom. The second kappa shape index (κ2) is 5.46. The highest BCUT2D eigenvalue weighted by Crippen LogP contribution is 2.30. The number of aryl methyl sites for hydroxylation is 1. The van der Waals surface area contributed by atoms with Gasteiger partial charge in [0.05, 0.1) is 5.56 Å². The van der Waals surface area contributed by atoms with Gasteiger partial charge in [0.2, 0.25) is 0 Å². The monoisotopic (exact) mass is 296 g/mol. The number of benzene rings is 1. The Labute approximate surface area is 117 Å². The zero-order valence-corrected chi connectivity index (χ0v) is 11.4. The normalized spacial score (nSPS) is 10.4. The molecule has 2 N–H and O–H groups in total. The van der Waals surface area contributed by atoms with Crippen LogP contribution in [0.15, 0.2) is 39.1 Å². The largest absolute Gasteiger partial charge is 0.478 e. The quantitative estimate of drug-likeness (QED) is 0.851. The second-order valence-electron chi connectivity index (χ2n) is 3.74.